The second-order valence-electron chi connectivity index (χ2n) is 13.3. The molecular weight excluding hydrogens is 572 g/mol. The second-order valence-corrected chi connectivity index (χ2v) is 13.3. The van der Waals surface area contributed by atoms with E-state index in [-0.39, 0.29) is 36.7 Å². The number of carbonyl (C=O) groups is 3. The Hall–Kier alpha value is -3.80. The maximum absolute atomic E-state index is 13.3. The van der Waals surface area contributed by atoms with Gasteiger partial charge < -0.3 is 34.3 Å². The summed E-state index contributed by atoms with van der Waals surface area (Å²) in [6.45, 7) is 15.9. The van der Waals surface area contributed by atoms with Crippen molar-refractivity contribution in [2.75, 3.05) is 11.9 Å². The number of esters is 1. The summed E-state index contributed by atoms with van der Waals surface area (Å²) in [5.41, 5.74) is -1.75. The van der Waals surface area contributed by atoms with Gasteiger partial charge in [-0.15, -0.1) is 0 Å². The standard InChI is InChI=1S/C30H42N6O8/c1-16(2)12-21(37)40-13-19-23-24(43-29(8,9)42-23)30(14-31,41-19)20-11-10-18-25(32-15-33-36(18)20)35-26(38)22(17(3)4)34-27(39)44-28(5,6)7/h10-11,15-17,19,22-24H,12-13H2,1-9H3,(H,34,39)(H,32,33,35,38)/t19-,22+,23-,24-,30+/m1/s1. The van der Waals surface area contributed by atoms with Gasteiger partial charge in [0.15, 0.2) is 11.6 Å². The van der Waals surface area contributed by atoms with Gasteiger partial charge in [0.2, 0.25) is 11.5 Å². The lowest BCUT2D eigenvalue weighted by Gasteiger charge is -2.29. The molecule has 0 unspecified atom stereocenters. The Balaban J connectivity index is 1.63. The third-order valence-corrected chi connectivity index (χ3v) is 7.08. The Morgan fingerprint density at radius 1 is 1.14 bits per heavy atom. The molecule has 2 fully saturated rings. The van der Waals surface area contributed by atoms with Crippen LogP contribution in [-0.2, 0) is 38.9 Å². The first kappa shape index (κ1) is 33.1. The normalized spacial score (nSPS) is 25.0. The van der Waals surface area contributed by atoms with Crippen LogP contribution in [0, 0.1) is 23.2 Å². The summed E-state index contributed by atoms with van der Waals surface area (Å²) in [6, 6.07) is 4.62. The van der Waals surface area contributed by atoms with Crippen molar-refractivity contribution in [3.8, 4) is 6.07 Å². The summed E-state index contributed by atoms with van der Waals surface area (Å²) in [4.78, 5) is 42.3. The molecule has 0 saturated carbocycles. The molecule has 5 atom stereocenters. The lowest BCUT2D eigenvalue weighted by molar-refractivity contribution is -0.207. The third kappa shape index (κ3) is 6.95. The van der Waals surface area contributed by atoms with Crippen LogP contribution >= 0.6 is 0 Å². The number of alkyl carbamates (subject to hydrolysis) is 1. The smallest absolute Gasteiger partial charge is 0.408 e. The number of nitrogens with one attached hydrogen (secondary N) is 2. The minimum atomic E-state index is -1.70. The molecule has 44 heavy (non-hydrogen) atoms. The molecule has 2 N–H and O–H groups in total. The second kappa shape index (κ2) is 12.3. The molecule has 2 aliphatic heterocycles. The monoisotopic (exact) mass is 614 g/mol. The summed E-state index contributed by atoms with van der Waals surface area (Å²) >= 11 is 0. The number of aromatic nitrogens is 3. The Morgan fingerprint density at radius 3 is 2.45 bits per heavy atom. The van der Waals surface area contributed by atoms with Gasteiger partial charge >= 0.3 is 12.1 Å². The number of anilines is 1. The van der Waals surface area contributed by atoms with Crippen molar-refractivity contribution in [1.82, 2.24) is 19.9 Å². The van der Waals surface area contributed by atoms with Gasteiger partial charge in [-0.05, 0) is 58.6 Å². The Kier molecular flexibility index (Phi) is 9.25. The van der Waals surface area contributed by atoms with Crippen LogP contribution in [0.15, 0.2) is 18.5 Å². The summed E-state index contributed by atoms with van der Waals surface area (Å²) in [6.07, 6.45) is -1.64. The highest BCUT2D eigenvalue weighted by atomic mass is 16.8. The van der Waals surface area contributed by atoms with Gasteiger partial charge in [0.05, 0.1) is 5.69 Å². The lowest BCUT2D eigenvalue weighted by Crippen LogP contribution is -2.48. The molecule has 0 aromatic carbocycles. The van der Waals surface area contributed by atoms with E-state index < -0.39 is 53.3 Å². The summed E-state index contributed by atoms with van der Waals surface area (Å²) in [5, 5.41) is 20.3. The minimum absolute atomic E-state index is 0.119. The largest absolute Gasteiger partial charge is 0.463 e. The summed E-state index contributed by atoms with van der Waals surface area (Å²) < 4.78 is 30.9. The van der Waals surface area contributed by atoms with Gasteiger partial charge in [0.25, 0.3) is 0 Å². The lowest BCUT2D eigenvalue weighted by atomic mass is 9.92. The number of hydrogen-bond acceptors (Lipinski definition) is 11. The zero-order valence-corrected chi connectivity index (χ0v) is 26.7. The summed E-state index contributed by atoms with van der Waals surface area (Å²) in [7, 11) is 0. The predicted octanol–water partition coefficient (Wildman–Crippen LogP) is 3.44. The molecule has 240 valence electrons. The molecule has 4 rings (SSSR count). The summed E-state index contributed by atoms with van der Waals surface area (Å²) in [5.74, 6) is -1.93. The van der Waals surface area contributed by atoms with Gasteiger partial charge in [-0.1, -0.05) is 27.7 Å². The number of ether oxygens (including phenoxy) is 5. The molecule has 2 aromatic heterocycles. The first-order valence-corrected chi connectivity index (χ1v) is 14.7. The highest BCUT2D eigenvalue weighted by Gasteiger charge is 2.65. The van der Waals surface area contributed by atoms with Crippen molar-refractivity contribution in [1.29, 1.82) is 5.26 Å². The fourth-order valence-corrected chi connectivity index (χ4v) is 5.27. The van der Waals surface area contributed by atoms with Crippen LogP contribution in [0.4, 0.5) is 10.6 Å². The first-order chi connectivity index (χ1) is 20.5. The Labute approximate surface area is 256 Å². The highest BCUT2D eigenvalue weighted by molar-refractivity contribution is 5.98. The fraction of sp³-hybridized carbons (Fsp3) is 0.667. The quantitative estimate of drug-likeness (QED) is 0.396. The number of fused-ring (bicyclic) bond motifs is 2. The number of amides is 2. The van der Waals surface area contributed by atoms with Crippen LogP contribution in [0.5, 0.6) is 0 Å². The van der Waals surface area contributed by atoms with E-state index in [9.17, 15) is 19.6 Å². The van der Waals surface area contributed by atoms with Crippen LogP contribution in [0.3, 0.4) is 0 Å². The molecule has 2 aromatic rings. The molecule has 2 aliphatic rings. The maximum atomic E-state index is 13.3. The number of rotatable bonds is 9. The molecule has 0 spiro atoms. The molecule has 2 amide bonds. The van der Waals surface area contributed by atoms with E-state index in [4.69, 9.17) is 23.7 Å². The van der Waals surface area contributed by atoms with Gasteiger partial charge in [-0.3, -0.25) is 9.59 Å². The van der Waals surface area contributed by atoms with Gasteiger partial charge in [-0.2, -0.15) is 10.4 Å². The number of nitrogens with zero attached hydrogens (tertiary/aromatic N) is 4. The van der Waals surface area contributed by atoms with Crippen molar-refractivity contribution in [2.24, 2.45) is 11.8 Å². The average Bonchev–Trinajstić information content (AvgIpc) is 3.55. The molecule has 0 bridgehead atoms. The van der Waals surface area contributed by atoms with E-state index in [0.29, 0.717) is 11.2 Å². The number of carbonyl (C=O) groups excluding carboxylic acids is 3. The Bertz CT molecular complexity index is 1440. The molecule has 4 heterocycles. The van der Waals surface area contributed by atoms with Crippen molar-refractivity contribution < 1.29 is 38.1 Å². The zero-order chi connectivity index (χ0) is 32.6. The van der Waals surface area contributed by atoms with E-state index in [2.05, 4.69) is 26.8 Å². The van der Waals surface area contributed by atoms with Crippen LogP contribution < -0.4 is 10.6 Å². The zero-order valence-electron chi connectivity index (χ0n) is 26.7. The average molecular weight is 615 g/mol. The SMILES string of the molecule is CC(C)CC(=O)OC[C@H]1O[C@@](C#N)(c2ccc3c(NC(=O)[C@@H](NC(=O)OC(C)(C)C)C(C)C)ncnn23)[C@@H]2OC(C)(C)O[C@@H]21. The topological polar surface area (TPSA) is 175 Å². The van der Waals surface area contributed by atoms with Gasteiger partial charge in [0.1, 0.15) is 54.5 Å². The number of nitriles is 1. The minimum Gasteiger partial charge on any atom is -0.463 e. The van der Waals surface area contributed by atoms with E-state index in [1.807, 2.05) is 13.8 Å². The maximum Gasteiger partial charge on any atom is 0.408 e. The van der Waals surface area contributed by atoms with E-state index in [1.165, 1.54) is 10.8 Å². The number of hydrogen-bond donors (Lipinski definition) is 2. The molecule has 14 heteroatoms. The predicted molar refractivity (Wildman–Crippen MR) is 156 cm³/mol. The highest BCUT2D eigenvalue weighted by Crippen LogP contribution is 2.49. The van der Waals surface area contributed by atoms with E-state index in [0.717, 1.165) is 0 Å². The van der Waals surface area contributed by atoms with Crippen LogP contribution in [0.25, 0.3) is 5.52 Å². The first-order valence-electron chi connectivity index (χ1n) is 14.7. The van der Waals surface area contributed by atoms with Crippen LogP contribution in [0.1, 0.15) is 74.4 Å². The van der Waals surface area contributed by atoms with Crippen molar-refractivity contribution in [2.45, 2.75) is 110 Å². The third-order valence-electron chi connectivity index (χ3n) is 7.08. The van der Waals surface area contributed by atoms with Crippen molar-refractivity contribution >= 4 is 29.3 Å². The fourth-order valence-electron chi connectivity index (χ4n) is 5.27. The van der Waals surface area contributed by atoms with E-state index in [1.54, 1.807) is 60.6 Å². The Morgan fingerprint density at radius 2 is 1.84 bits per heavy atom. The molecule has 0 aliphatic carbocycles. The van der Waals surface area contributed by atoms with Crippen molar-refractivity contribution in [3.05, 3.63) is 24.2 Å². The van der Waals surface area contributed by atoms with Gasteiger partial charge in [0, 0.05) is 6.42 Å². The van der Waals surface area contributed by atoms with Crippen LogP contribution in [-0.4, -0.2) is 74.9 Å². The molecule has 14 nitrogen and oxygen atoms in total. The van der Waals surface area contributed by atoms with Gasteiger partial charge in [-0.25, -0.2) is 14.3 Å². The molecular formula is C30H42N6O8. The van der Waals surface area contributed by atoms with Crippen LogP contribution in [0.2, 0.25) is 0 Å². The molecule has 2 saturated heterocycles. The van der Waals surface area contributed by atoms with Crippen molar-refractivity contribution in [3.63, 3.8) is 0 Å². The molecule has 0 radical (unpaired) electrons. The van der Waals surface area contributed by atoms with E-state index >= 15 is 0 Å².